The number of hydrogen-bond acceptors (Lipinski definition) is 4. The lowest BCUT2D eigenvalue weighted by molar-refractivity contribution is -0.124. The fraction of sp³-hybridized carbons (Fsp3) is 0.545. The normalized spacial score (nSPS) is 29.6. The van der Waals surface area contributed by atoms with Gasteiger partial charge in [0.2, 0.25) is 5.91 Å². The first-order valence-electron chi connectivity index (χ1n) is 10.7. The Hall–Kier alpha value is -2.18. The number of carbonyl (C=O) groups excluding carboxylic acids is 1. The van der Waals surface area contributed by atoms with E-state index >= 15 is 0 Å². The molecule has 5 rings (SSSR count). The summed E-state index contributed by atoms with van der Waals surface area (Å²) in [6.07, 6.45) is 8.53. The molecule has 2 atom stereocenters. The van der Waals surface area contributed by atoms with Crippen molar-refractivity contribution in [3.8, 4) is 11.3 Å². The van der Waals surface area contributed by atoms with Gasteiger partial charge >= 0.3 is 0 Å². The molecule has 2 aromatic rings. The summed E-state index contributed by atoms with van der Waals surface area (Å²) in [4.78, 5) is 20.3. The second-order valence-electron chi connectivity index (χ2n) is 8.46. The van der Waals surface area contributed by atoms with Crippen LogP contribution in [0.5, 0.6) is 0 Å². The first-order valence-corrected chi connectivity index (χ1v) is 10.7. The van der Waals surface area contributed by atoms with Crippen LogP contribution in [0, 0.1) is 0 Å². The third kappa shape index (κ3) is 3.59. The van der Waals surface area contributed by atoms with Crippen molar-refractivity contribution >= 4 is 5.91 Å². The van der Waals surface area contributed by atoms with Crippen molar-refractivity contribution in [2.45, 2.75) is 62.6 Å². The number of aromatic amines is 1. The zero-order valence-electron chi connectivity index (χ0n) is 16.2. The van der Waals surface area contributed by atoms with Gasteiger partial charge in [-0.15, -0.1) is 0 Å². The minimum atomic E-state index is 0.0245. The Kier molecular flexibility index (Phi) is 4.91. The van der Waals surface area contributed by atoms with E-state index < -0.39 is 0 Å². The zero-order chi connectivity index (χ0) is 18.9. The number of nitrogens with zero attached hydrogens (tertiary/aromatic N) is 1. The Morgan fingerprint density at radius 2 is 1.82 bits per heavy atom. The molecule has 6 nitrogen and oxygen atoms in total. The van der Waals surface area contributed by atoms with Crippen molar-refractivity contribution in [2.24, 2.45) is 0 Å². The van der Waals surface area contributed by atoms with Crippen LogP contribution in [0.3, 0.4) is 0 Å². The number of H-pyrrole nitrogens is 1. The van der Waals surface area contributed by atoms with Crippen LogP contribution in [-0.2, 0) is 4.79 Å². The van der Waals surface area contributed by atoms with Gasteiger partial charge in [0.25, 0.3) is 0 Å². The summed E-state index contributed by atoms with van der Waals surface area (Å²) in [5.41, 5.74) is 3.53. The smallest absolute Gasteiger partial charge is 0.237 e. The lowest BCUT2D eigenvalue weighted by Gasteiger charge is -2.36. The topological polar surface area (TPSA) is 81.8 Å². The van der Waals surface area contributed by atoms with Crippen LogP contribution in [0.1, 0.15) is 61.9 Å². The Morgan fingerprint density at radius 3 is 2.54 bits per heavy atom. The summed E-state index contributed by atoms with van der Waals surface area (Å²) in [5.74, 6) is 1.78. The van der Waals surface area contributed by atoms with Crippen LogP contribution in [0.2, 0.25) is 0 Å². The van der Waals surface area contributed by atoms with Gasteiger partial charge in [-0.05, 0) is 63.1 Å². The number of benzene rings is 1. The van der Waals surface area contributed by atoms with Crippen LogP contribution in [0.25, 0.3) is 11.3 Å². The fourth-order valence-corrected chi connectivity index (χ4v) is 4.72. The van der Waals surface area contributed by atoms with E-state index in [1.165, 1.54) is 12.0 Å². The highest BCUT2D eigenvalue weighted by Gasteiger charge is 2.33. The summed E-state index contributed by atoms with van der Waals surface area (Å²) in [5, 5.41) is 9.96. The van der Waals surface area contributed by atoms with Crippen molar-refractivity contribution in [2.75, 3.05) is 13.1 Å². The summed E-state index contributed by atoms with van der Waals surface area (Å²) in [6, 6.07) is 9.51. The number of rotatable bonds is 5. The molecule has 1 aromatic heterocycles. The molecular weight excluding hydrogens is 350 g/mol. The molecule has 1 saturated carbocycles. The second kappa shape index (κ2) is 7.68. The number of amides is 1. The molecule has 0 spiro atoms. The molecular formula is C22H29N5O. The molecule has 3 aliphatic rings. The minimum absolute atomic E-state index is 0.0245. The Balaban J connectivity index is 1.16. The Morgan fingerprint density at radius 1 is 1.04 bits per heavy atom. The minimum Gasteiger partial charge on any atom is -0.352 e. The molecule has 28 heavy (non-hydrogen) atoms. The molecule has 1 aromatic carbocycles. The van der Waals surface area contributed by atoms with E-state index in [-0.39, 0.29) is 11.9 Å². The van der Waals surface area contributed by atoms with Gasteiger partial charge < -0.3 is 20.9 Å². The van der Waals surface area contributed by atoms with Gasteiger partial charge in [-0.25, -0.2) is 4.98 Å². The number of carbonyl (C=O) groups is 1. The lowest BCUT2D eigenvalue weighted by atomic mass is 9.75. The molecule has 3 fully saturated rings. The Bertz CT molecular complexity index is 812. The van der Waals surface area contributed by atoms with E-state index in [4.69, 9.17) is 4.98 Å². The molecule has 148 valence electrons. The zero-order valence-corrected chi connectivity index (χ0v) is 16.2. The number of nitrogens with one attached hydrogen (secondary N) is 4. The molecule has 1 aliphatic carbocycles. The Labute approximate surface area is 165 Å². The number of hydrogen-bond donors (Lipinski definition) is 4. The van der Waals surface area contributed by atoms with Crippen LogP contribution >= 0.6 is 0 Å². The third-order valence-corrected chi connectivity index (χ3v) is 6.53. The van der Waals surface area contributed by atoms with Crippen molar-refractivity contribution in [3.63, 3.8) is 0 Å². The number of imidazole rings is 1. The molecule has 0 radical (unpaired) electrons. The van der Waals surface area contributed by atoms with E-state index in [1.54, 1.807) is 0 Å². The van der Waals surface area contributed by atoms with Gasteiger partial charge in [0.1, 0.15) is 5.82 Å². The van der Waals surface area contributed by atoms with E-state index in [9.17, 15) is 4.79 Å². The van der Waals surface area contributed by atoms with E-state index in [2.05, 4.69) is 45.2 Å². The van der Waals surface area contributed by atoms with Crippen molar-refractivity contribution in [3.05, 3.63) is 41.9 Å². The maximum Gasteiger partial charge on any atom is 0.237 e. The van der Waals surface area contributed by atoms with E-state index in [1.807, 2.05) is 6.20 Å². The summed E-state index contributed by atoms with van der Waals surface area (Å²) >= 11 is 0. The largest absolute Gasteiger partial charge is 0.352 e. The molecule has 2 saturated heterocycles. The van der Waals surface area contributed by atoms with Crippen LogP contribution in [0.4, 0.5) is 0 Å². The summed E-state index contributed by atoms with van der Waals surface area (Å²) in [6.45, 7) is 2.04. The maximum absolute atomic E-state index is 12.2. The van der Waals surface area contributed by atoms with Gasteiger partial charge in [0.15, 0.2) is 0 Å². The van der Waals surface area contributed by atoms with Gasteiger partial charge in [-0.2, -0.15) is 0 Å². The molecule has 3 heterocycles. The van der Waals surface area contributed by atoms with Gasteiger partial charge in [-0.1, -0.05) is 24.3 Å². The van der Waals surface area contributed by atoms with Crippen LogP contribution < -0.4 is 16.0 Å². The molecule has 0 unspecified atom stereocenters. The first kappa shape index (κ1) is 17.9. The average Bonchev–Trinajstić information content (AvgIpc) is 3.45. The van der Waals surface area contributed by atoms with Crippen molar-refractivity contribution in [1.82, 2.24) is 25.9 Å². The quantitative estimate of drug-likeness (QED) is 0.644. The van der Waals surface area contributed by atoms with Crippen LogP contribution in [0.15, 0.2) is 30.5 Å². The average molecular weight is 380 g/mol. The molecule has 4 N–H and O–H groups in total. The van der Waals surface area contributed by atoms with E-state index in [0.717, 1.165) is 62.3 Å². The monoisotopic (exact) mass is 379 g/mol. The molecule has 0 bridgehead atoms. The molecule has 6 heteroatoms. The van der Waals surface area contributed by atoms with Gasteiger partial charge in [-0.3, -0.25) is 4.79 Å². The van der Waals surface area contributed by atoms with Gasteiger partial charge in [0, 0.05) is 17.8 Å². The van der Waals surface area contributed by atoms with Crippen molar-refractivity contribution in [1.29, 1.82) is 0 Å². The number of aromatic nitrogens is 2. The first-order chi connectivity index (χ1) is 13.8. The predicted octanol–water partition coefficient (Wildman–Crippen LogP) is 2.62. The molecule has 1 amide bonds. The van der Waals surface area contributed by atoms with Gasteiger partial charge in [0.05, 0.1) is 17.8 Å². The van der Waals surface area contributed by atoms with Crippen molar-refractivity contribution < 1.29 is 4.79 Å². The molecule has 2 aliphatic heterocycles. The lowest BCUT2D eigenvalue weighted by Crippen LogP contribution is -2.49. The summed E-state index contributed by atoms with van der Waals surface area (Å²) in [7, 11) is 0. The van der Waals surface area contributed by atoms with E-state index in [0.29, 0.717) is 18.0 Å². The highest BCUT2D eigenvalue weighted by molar-refractivity contribution is 5.82. The second-order valence-corrected chi connectivity index (χ2v) is 8.46. The highest BCUT2D eigenvalue weighted by Crippen LogP contribution is 2.37. The summed E-state index contributed by atoms with van der Waals surface area (Å²) < 4.78 is 0. The van der Waals surface area contributed by atoms with Crippen LogP contribution in [-0.4, -0.2) is 41.0 Å². The standard InChI is InChI=1S/C22H29N5O/c28-22(19-4-2-10-24-19)26-17-11-16(12-17)14-5-7-15(8-6-14)20-13-25-21(27-20)18-3-1-9-23-18/h5-8,13,16-19,23-24H,1-4,9-12H2,(H,25,27)(H,26,28)/t16?,17?,18-,19-/m0/s1. The highest BCUT2D eigenvalue weighted by atomic mass is 16.2. The SMILES string of the molecule is O=C(NC1CC(c2ccc(-c3c[nH]c([C@@H]4CCCN4)n3)cc2)C1)[C@@H]1CCCN1. The predicted molar refractivity (Wildman–Crippen MR) is 109 cm³/mol. The fourth-order valence-electron chi connectivity index (χ4n) is 4.72. The third-order valence-electron chi connectivity index (χ3n) is 6.53. The maximum atomic E-state index is 12.2.